The highest BCUT2D eigenvalue weighted by molar-refractivity contribution is 7.92. The highest BCUT2D eigenvalue weighted by atomic mass is 32.2. The average Bonchev–Trinajstić information content (AvgIpc) is 2.88. The van der Waals surface area contributed by atoms with Gasteiger partial charge in [0.25, 0.3) is 5.91 Å². The lowest BCUT2D eigenvalue weighted by atomic mass is 9.96. The molecule has 1 atom stereocenters. The van der Waals surface area contributed by atoms with Crippen molar-refractivity contribution in [3.8, 4) is 0 Å². The van der Waals surface area contributed by atoms with Crippen LogP contribution in [0.5, 0.6) is 0 Å². The third-order valence-electron chi connectivity index (χ3n) is 6.26. The van der Waals surface area contributed by atoms with E-state index in [2.05, 4.69) is 5.32 Å². The van der Waals surface area contributed by atoms with Crippen molar-refractivity contribution in [2.24, 2.45) is 0 Å². The first-order valence-electron chi connectivity index (χ1n) is 11.6. The number of rotatable bonds is 7. The molecule has 1 N–H and O–H groups in total. The molecule has 3 aromatic carbocycles. The first-order chi connectivity index (χ1) is 17.2. The van der Waals surface area contributed by atoms with Crippen LogP contribution in [0.1, 0.15) is 27.8 Å². The van der Waals surface area contributed by atoms with Gasteiger partial charge in [0.2, 0.25) is 10.0 Å². The van der Waals surface area contributed by atoms with Gasteiger partial charge in [-0.3, -0.25) is 9.59 Å². The quantitative estimate of drug-likeness (QED) is 0.487. The van der Waals surface area contributed by atoms with E-state index < -0.39 is 34.5 Å². The maximum absolute atomic E-state index is 13.3. The molecule has 0 saturated carbocycles. The molecule has 1 aliphatic rings. The van der Waals surface area contributed by atoms with E-state index in [-0.39, 0.29) is 13.0 Å². The van der Waals surface area contributed by atoms with E-state index in [1.165, 1.54) is 6.08 Å². The summed E-state index contributed by atoms with van der Waals surface area (Å²) in [5.41, 5.74) is 5.00. The Bertz CT molecular complexity index is 1400. The number of nitrogens with zero attached hydrogens (tertiary/aromatic N) is 1. The SMILES string of the molecule is Cc1cccc(NC(=O)COC(=O)[C@@H]2Cc3ccccc3CN2S(=O)(=O)/C=C/c2ccccc2)c1C. The summed E-state index contributed by atoms with van der Waals surface area (Å²) in [6.07, 6.45) is 1.65. The van der Waals surface area contributed by atoms with Crippen molar-refractivity contribution in [1.82, 2.24) is 4.31 Å². The predicted octanol–water partition coefficient (Wildman–Crippen LogP) is 4.21. The van der Waals surface area contributed by atoms with Gasteiger partial charge in [0.05, 0.1) is 0 Å². The van der Waals surface area contributed by atoms with Crippen molar-refractivity contribution in [1.29, 1.82) is 0 Å². The summed E-state index contributed by atoms with van der Waals surface area (Å²) >= 11 is 0. The molecule has 186 valence electrons. The molecule has 1 heterocycles. The number of carbonyl (C=O) groups is 2. The first kappa shape index (κ1) is 25.3. The Kier molecular flexibility index (Phi) is 7.67. The number of ether oxygens (including phenoxy) is 1. The lowest BCUT2D eigenvalue weighted by Crippen LogP contribution is -2.49. The van der Waals surface area contributed by atoms with Crippen molar-refractivity contribution in [2.45, 2.75) is 32.9 Å². The summed E-state index contributed by atoms with van der Waals surface area (Å²) in [5.74, 6) is -1.26. The monoisotopic (exact) mass is 504 g/mol. The lowest BCUT2D eigenvalue weighted by molar-refractivity contribution is -0.151. The summed E-state index contributed by atoms with van der Waals surface area (Å²) in [5, 5.41) is 3.85. The van der Waals surface area contributed by atoms with Gasteiger partial charge in [0, 0.05) is 24.1 Å². The average molecular weight is 505 g/mol. The molecule has 1 aliphatic heterocycles. The highest BCUT2D eigenvalue weighted by Gasteiger charge is 2.39. The van der Waals surface area contributed by atoms with Crippen LogP contribution in [0.2, 0.25) is 0 Å². The summed E-state index contributed by atoms with van der Waals surface area (Å²) in [7, 11) is -3.96. The van der Waals surface area contributed by atoms with Crippen LogP contribution < -0.4 is 5.32 Å². The minimum Gasteiger partial charge on any atom is -0.454 e. The second-order valence-corrected chi connectivity index (χ2v) is 10.5. The van der Waals surface area contributed by atoms with Crippen LogP contribution in [0, 0.1) is 13.8 Å². The number of hydrogen-bond acceptors (Lipinski definition) is 5. The largest absolute Gasteiger partial charge is 0.454 e. The smallest absolute Gasteiger partial charge is 0.325 e. The maximum atomic E-state index is 13.3. The molecule has 0 radical (unpaired) electrons. The molecule has 0 bridgehead atoms. The van der Waals surface area contributed by atoms with Gasteiger partial charge in [-0.25, -0.2) is 8.42 Å². The number of hydrogen-bond donors (Lipinski definition) is 1. The predicted molar refractivity (Wildman–Crippen MR) is 139 cm³/mol. The van der Waals surface area contributed by atoms with Crippen molar-refractivity contribution < 1.29 is 22.7 Å². The summed E-state index contributed by atoms with van der Waals surface area (Å²) in [4.78, 5) is 25.6. The number of amides is 1. The molecule has 7 nitrogen and oxygen atoms in total. The Morgan fingerprint density at radius 3 is 2.42 bits per heavy atom. The van der Waals surface area contributed by atoms with E-state index in [1.54, 1.807) is 18.2 Å². The minimum absolute atomic E-state index is 0.0338. The van der Waals surface area contributed by atoms with Gasteiger partial charge in [-0.2, -0.15) is 4.31 Å². The van der Waals surface area contributed by atoms with Gasteiger partial charge in [-0.1, -0.05) is 66.7 Å². The van der Waals surface area contributed by atoms with Gasteiger partial charge in [0.1, 0.15) is 6.04 Å². The molecule has 8 heteroatoms. The lowest BCUT2D eigenvalue weighted by Gasteiger charge is -2.33. The minimum atomic E-state index is -3.96. The normalized spacial score (nSPS) is 15.9. The van der Waals surface area contributed by atoms with Crippen molar-refractivity contribution in [2.75, 3.05) is 11.9 Å². The first-order valence-corrected chi connectivity index (χ1v) is 13.1. The molecule has 1 amide bonds. The van der Waals surface area contributed by atoms with Crippen LogP contribution in [0.3, 0.4) is 0 Å². The molecule has 0 aromatic heterocycles. The zero-order valence-electron chi connectivity index (χ0n) is 20.2. The van der Waals surface area contributed by atoms with Gasteiger partial charge in [0.15, 0.2) is 6.61 Å². The molecule has 3 aromatic rings. The third-order valence-corrected chi connectivity index (χ3v) is 7.78. The topological polar surface area (TPSA) is 92.8 Å². The molecule has 0 unspecified atom stereocenters. The Hall–Kier alpha value is -3.75. The van der Waals surface area contributed by atoms with Crippen LogP contribution in [0.25, 0.3) is 6.08 Å². The standard InChI is InChI=1S/C28H28N2O5S/c1-20-9-8-14-25(21(20)2)29-27(31)19-35-28(32)26-17-23-12-6-7-13-24(23)18-30(26)36(33,34)16-15-22-10-4-3-5-11-22/h3-16,26H,17-19H2,1-2H3,(H,29,31)/b16-15+/t26-/m0/s1. The fourth-order valence-corrected chi connectivity index (χ4v) is 5.40. The molecule has 0 aliphatic carbocycles. The van der Waals surface area contributed by atoms with Crippen molar-refractivity contribution >= 4 is 33.7 Å². The second kappa shape index (κ2) is 10.9. The van der Waals surface area contributed by atoms with E-state index in [0.29, 0.717) is 5.69 Å². The number of carbonyl (C=O) groups excluding carboxylic acids is 2. The number of aryl methyl sites for hydroxylation is 1. The van der Waals surface area contributed by atoms with Gasteiger partial charge < -0.3 is 10.1 Å². The number of anilines is 1. The molecular weight excluding hydrogens is 476 g/mol. The van der Waals surface area contributed by atoms with Crippen LogP contribution in [-0.4, -0.2) is 37.2 Å². The molecule has 0 spiro atoms. The zero-order valence-corrected chi connectivity index (χ0v) is 21.0. The Labute approximate surface area is 211 Å². The van der Waals surface area contributed by atoms with E-state index in [0.717, 1.165) is 37.5 Å². The van der Waals surface area contributed by atoms with E-state index in [1.807, 2.05) is 68.4 Å². The highest BCUT2D eigenvalue weighted by Crippen LogP contribution is 2.27. The second-order valence-electron chi connectivity index (χ2n) is 8.70. The van der Waals surface area contributed by atoms with Crippen LogP contribution in [-0.2, 0) is 37.3 Å². The van der Waals surface area contributed by atoms with Gasteiger partial charge in [-0.05, 0) is 53.8 Å². The van der Waals surface area contributed by atoms with E-state index in [4.69, 9.17) is 4.74 Å². The fourth-order valence-electron chi connectivity index (χ4n) is 4.08. The molecule has 0 fully saturated rings. The summed E-state index contributed by atoms with van der Waals surface area (Å²) < 4.78 is 33.0. The molecule has 0 saturated heterocycles. The van der Waals surface area contributed by atoms with Gasteiger partial charge >= 0.3 is 5.97 Å². The Balaban J connectivity index is 1.51. The number of sulfonamides is 1. The maximum Gasteiger partial charge on any atom is 0.325 e. The van der Waals surface area contributed by atoms with Crippen LogP contribution >= 0.6 is 0 Å². The van der Waals surface area contributed by atoms with Crippen LogP contribution in [0.15, 0.2) is 78.2 Å². The number of nitrogens with one attached hydrogen (secondary N) is 1. The number of esters is 1. The Morgan fingerprint density at radius 1 is 0.972 bits per heavy atom. The van der Waals surface area contributed by atoms with E-state index in [9.17, 15) is 18.0 Å². The Morgan fingerprint density at radius 2 is 1.67 bits per heavy atom. The number of benzene rings is 3. The van der Waals surface area contributed by atoms with Crippen molar-refractivity contribution in [3.05, 3.63) is 106 Å². The third kappa shape index (κ3) is 5.90. The summed E-state index contributed by atoms with van der Waals surface area (Å²) in [6, 6.07) is 20.9. The molecular formula is C28H28N2O5S. The number of fused-ring (bicyclic) bond motifs is 1. The van der Waals surface area contributed by atoms with E-state index >= 15 is 0 Å². The zero-order chi connectivity index (χ0) is 25.7. The molecule has 4 rings (SSSR count). The summed E-state index contributed by atoms with van der Waals surface area (Å²) in [6.45, 7) is 3.35. The fraction of sp³-hybridized carbons (Fsp3) is 0.214. The van der Waals surface area contributed by atoms with Gasteiger partial charge in [-0.15, -0.1) is 0 Å². The van der Waals surface area contributed by atoms with Crippen molar-refractivity contribution in [3.63, 3.8) is 0 Å². The molecule has 36 heavy (non-hydrogen) atoms. The van der Waals surface area contributed by atoms with Crippen LogP contribution in [0.4, 0.5) is 5.69 Å².